The molecule has 6 heteroatoms. The fraction of sp³-hybridized carbons (Fsp3) is 0.727. The van der Waals surface area contributed by atoms with Gasteiger partial charge in [0.1, 0.15) is 6.33 Å². The predicted molar refractivity (Wildman–Crippen MR) is 66.6 cm³/mol. The minimum Gasteiger partial charge on any atom is -0.356 e. The van der Waals surface area contributed by atoms with E-state index in [2.05, 4.69) is 46.6 Å². The molecule has 2 rings (SSSR count). The average Bonchev–Trinajstić information content (AvgIpc) is 2.75. The van der Waals surface area contributed by atoms with E-state index < -0.39 is 0 Å². The lowest BCUT2D eigenvalue weighted by Gasteiger charge is -2.29. The molecule has 94 valence electrons. The average molecular weight is 236 g/mol. The molecule has 1 aromatic heterocycles. The van der Waals surface area contributed by atoms with Crippen molar-refractivity contribution in [1.82, 2.24) is 25.4 Å². The van der Waals surface area contributed by atoms with E-state index in [4.69, 9.17) is 0 Å². The zero-order valence-corrected chi connectivity index (χ0v) is 10.7. The molecular formula is C11H20N6. The van der Waals surface area contributed by atoms with Crippen molar-refractivity contribution in [3.8, 4) is 0 Å². The lowest BCUT2D eigenvalue weighted by atomic mass is 9.93. The first kappa shape index (κ1) is 11.9. The van der Waals surface area contributed by atoms with Gasteiger partial charge in [-0.2, -0.15) is 0 Å². The Balaban J connectivity index is 1.89. The predicted octanol–water partition coefficient (Wildman–Crippen LogP) is 0.373. The molecule has 0 bridgehead atoms. The highest BCUT2D eigenvalue weighted by Gasteiger charge is 2.22. The number of nitrogens with one attached hydrogen (secondary N) is 2. The molecule has 0 spiro atoms. The van der Waals surface area contributed by atoms with Gasteiger partial charge < -0.3 is 15.2 Å². The topological polar surface area (TPSA) is 67.1 Å². The molecule has 1 aliphatic rings. The van der Waals surface area contributed by atoms with Crippen molar-refractivity contribution in [2.24, 2.45) is 10.4 Å². The Morgan fingerprint density at radius 2 is 2.35 bits per heavy atom. The Bertz CT molecular complexity index is 406. The van der Waals surface area contributed by atoms with Gasteiger partial charge in [0.25, 0.3) is 0 Å². The van der Waals surface area contributed by atoms with Crippen molar-refractivity contribution >= 4 is 5.96 Å². The number of hydrogen-bond acceptors (Lipinski definition) is 5. The summed E-state index contributed by atoms with van der Waals surface area (Å²) in [5.74, 6) is 1.79. The fourth-order valence-corrected chi connectivity index (χ4v) is 1.69. The molecule has 0 saturated carbocycles. The van der Waals surface area contributed by atoms with Crippen LogP contribution in [0.2, 0.25) is 0 Å². The fourth-order valence-electron chi connectivity index (χ4n) is 1.69. The zero-order valence-electron chi connectivity index (χ0n) is 10.7. The highest BCUT2D eigenvalue weighted by atomic mass is 15.3. The normalized spacial score (nSPS) is 18.4. The third kappa shape index (κ3) is 2.95. The monoisotopic (exact) mass is 236 g/mol. The Hall–Kier alpha value is -1.59. The summed E-state index contributed by atoms with van der Waals surface area (Å²) in [5, 5.41) is 14.5. The van der Waals surface area contributed by atoms with Gasteiger partial charge in [0.2, 0.25) is 0 Å². The quantitative estimate of drug-likeness (QED) is 0.796. The van der Waals surface area contributed by atoms with Crippen LogP contribution in [-0.2, 0) is 13.1 Å². The summed E-state index contributed by atoms with van der Waals surface area (Å²) < 4.78 is 2.01. The largest absolute Gasteiger partial charge is 0.356 e. The zero-order chi connectivity index (χ0) is 12.3. The maximum atomic E-state index is 4.47. The van der Waals surface area contributed by atoms with Gasteiger partial charge in [-0.25, -0.2) is 0 Å². The molecule has 0 fully saturated rings. The first-order chi connectivity index (χ1) is 8.11. The second kappa shape index (κ2) is 4.73. The minimum absolute atomic E-state index is 0.245. The smallest absolute Gasteiger partial charge is 0.191 e. The van der Waals surface area contributed by atoms with E-state index in [0.29, 0.717) is 6.54 Å². The summed E-state index contributed by atoms with van der Waals surface area (Å²) in [4.78, 5) is 4.47. The molecule has 0 unspecified atom stereocenters. The van der Waals surface area contributed by atoms with Gasteiger partial charge in [0.05, 0.1) is 6.54 Å². The molecule has 0 aromatic carbocycles. The van der Waals surface area contributed by atoms with Gasteiger partial charge >= 0.3 is 0 Å². The second-order valence-corrected chi connectivity index (χ2v) is 5.07. The molecule has 17 heavy (non-hydrogen) atoms. The van der Waals surface area contributed by atoms with Gasteiger partial charge in [0.15, 0.2) is 11.8 Å². The lowest BCUT2D eigenvalue weighted by molar-refractivity contribution is 0.358. The number of nitrogens with zero attached hydrogens (tertiary/aromatic N) is 4. The summed E-state index contributed by atoms with van der Waals surface area (Å²) in [7, 11) is 0. The van der Waals surface area contributed by atoms with Crippen LogP contribution in [0.3, 0.4) is 0 Å². The summed E-state index contributed by atoms with van der Waals surface area (Å²) in [6.45, 7) is 9.81. The van der Waals surface area contributed by atoms with Crippen LogP contribution < -0.4 is 10.6 Å². The molecule has 0 saturated heterocycles. The lowest BCUT2D eigenvalue weighted by Crippen LogP contribution is -2.47. The van der Waals surface area contributed by atoms with E-state index in [9.17, 15) is 0 Å². The highest BCUT2D eigenvalue weighted by Crippen LogP contribution is 2.16. The first-order valence-electron chi connectivity index (χ1n) is 5.99. The summed E-state index contributed by atoms with van der Waals surface area (Å²) in [5.41, 5.74) is 0.245. The van der Waals surface area contributed by atoms with Crippen molar-refractivity contribution in [3.05, 3.63) is 12.2 Å². The van der Waals surface area contributed by atoms with Gasteiger partial charge in [-0.1, -0.05) is 13.8 Å². The Morgan fingerprint density at radius 3 is 3.00 bits per heavy atom. The third-order valence-electron chi connectivity index (χ3n) is 2.85. The molecule has 2 N–H and O–H groups in total. The van der Waals surface area contributed by atoms with Crippen molar-refractivity contribution in [3.63, 3.8) is 0 Å². The molecule has 0 radical (unpaired) electrons. The van der Waals surface area contributed by atoms with Crippen LogP contribution in [0.4, 0.5) is 0 Å². The third-order valence-corrected chi connectivity index (χ3v) is 2.85. The molecule has 1 aliphatic heterocycles. The van der Waals surface area contributed by atoms with Crippen molar-refractivity contribution < 1.29 is 0 Å². The molecular weight excluding hydrogens is 216 g/mol. The summed E-state index contributed by atoms with van der Waals surface area (Å²) in [6.07, 6.45) is 1.75. The van der Waals surface area contributed by atoms with Gasteiger partial charge in [-0.05, 0) is 6.92 Å². The number of guanidine groups is 1. The van der Waals surface area contributed by atoms with Crippen LogP contribution in [0.5, 0.6) is 0 Å². The summed E-state index contributed by atoms with van der Waals surface area (Å²) in [6, 6.07) is 0. The Labute approximate surface area is 102 Å². The van der Waals surface area contributed by atoms with E-state index in [1.165, 1.54) is 0 Å². The van der Waals surface area contributed by atoms with Crippen molar-refractivity contribution in [2.75, 3.05) is 13.1 Å². The van der Waals surface area contributed by atoms with Crippen LogP contribution >= 0.6 is 0 Å². The molecule has 0 atom stereocenters. The van der Waals surface area contributed by atoms with Gasteiger partial charge in [-0.3, -0.25) is 4.99 Å². The van der Waals surface area contributed by atoms with Crippen LogP contribution in [0.25, 0.3) is 0 Å². The van der Waals surface area contributed by atoms with Crippen LogP contribution in [0.1, 0.15) is 26.6 Å². The number of rotatable bonds is 3. The van der Waals surface area contributed by atoms with Crippen molar-refractivity contribution in [2.45, 2.75) is 33.9 Å². The SMILES string of the molecule is CCn1cnnc1CNC1=NCC(C)(C)CN1. The number of aryl methyl sites for hydroxylation is 1. The first-order valence-corrected chi connectivity index (χ1v) is 5.99. The number of aliphatic imine (C=N–C) groups is 1. The van der Waals surface area contributed by atoms with Gasteiger partial charge in [-0.15, -0.1) is 10.2 Å². The number of aromatic nitrogens is 3. The van der Waals surface area contributed by atoms with E-state index in [1.807, 2.05) is 4.57 Å². The van der Waals surface area contributed by atoms with Crippen LogP contribution in [0.15, 0.2) is 11.3 Å². The van der Waals surface area contributed by atoms with E-state index in [1.54, 1.807) is 6.33 Å². The molecule has 0 aliphatic carbocycles. The minimum atomic E-state index is 0.245. The maximum absolute atomic E-state index is 4.47. The van der Waals surface area contributed by atoms with Crippen LogP contribution in [-0.4, -0.2) is 33.8 Å². The molecule has 2 heterocycles. The maximum Gasteiger partial charge on any atom is 0.191 e. The van der Waals surface area contributed by atoms with E-state index in [-0.39, 0.29) is 5.41 Å². The summed E-state index contributed by atoms with van der Waals surface area (Å²) >= 11 is 0. The second-order valence-electron chi connectivity index (χ2n) is 5.07. The van der Waals surface area contributed by atoms with E-state index in [0.717, 1.165) is 31.4 Å². The number of hydrogen-bond donors (Lipinski definition) is 2. The highest BCUT2D eigenvalue weighted by molar-refractivity contribution is 5.80. The molecule has 1 aromatic rings. The Morgan fingerprint density at radius 1 is 1.53 bits per heavy atom. The standard InChI is InChI=1S/C11H20N6/c1-4-17-8-15-16-9(17)5-12-10-13-6-11(2,3)7-14-10/h8H,4-7H2,1-3H3,(H2,12,13,14). The van der Waals surface area contributed by atoms with E-state index >= 15 is 0 Å². The Kier molecular flexibility index (Phi) is 3.31. The van der Waals surface area contributed by atoms with Crippen LogP contribution in [0, 0.1) is 5.41 Å². The van der Waals surface area contributed by atoms with Crippen molar-refractivity contribution in [1.29, 1.82) is 0 Å². The molecule has 0 amide bonds. The van der Waals surface area contributed by atoms with Gasteiger partial charge in [0, 0.05) is 25.0 Å². The molecule has 6 nitrogen and oxygen atoms in total.